The fourth-order valence-electron chi connectivity index (χ4n) is 4.60. The number of unbranched alkanes of at least 4 members (excludes halogenated alkanes) is 4. The Morgan fingerprint density at radius 1 is 1.09 bits per heavy atom. The number of rotatable bonds is 16. The van der Waals surface area contributed by atoms with Crippen LogP contribution in [-0.4, -0.2) is 51.6 Å². The molecule has 2 unspecified atom stereocenters. The first kappa shape index (κ1) is 27.2. The van der Waals surface area contributed by atoms with Crippen LogP contribution in [0.3, 0.4) is 0 Å². The van der Waals surface area contributed by atoms with Gasteiger partial charge in [-0.1, -0.05) is 56.5 Å². The molecule has 1 fully saturated rings. The second kappa shape index (κ2) is 13.6. The largest absolute Gasteiger partial charge is 0.481 e. The number of carbonyl (C=O) groups is 2. The van der Waals surface area contributed by atoms with Crippen LogP contribution in [0, 0.1) is 5.92 Å². The van der Waals surface area contributed by atoms with Crippen molar-refractivity contribution in [3.8, 4) is 0 Å². The van der Waals surface area contributed by atoms with Gasteiger partial charge in [0.05, 0.1) is 6.10 Å². The second-order valence-corrected chi connectivity index (χ2v) is 9.47. The Hall–Kier alpha value is -2.02. The average molecular weight is 468 g/mol. The zero-order valence-corrected chi connectivity index (χ0v) is 19.7. The Bertz CT molecular complexity index is 728. The third kappa shape index (κ3) is 9.40. The predicted molar refractivity (Wildman–Crippen MR) is 124 cm³/mol. The van der Waals surface area contributed by atoms with Crippen molar-refractivity contribution in [2.45, 2.75) is 102 Å². The Morgan fingerprint density at radius 2 is 1.79 bits per heavy atom. The number of carbonyl (C=O) groups excluding carboxylic acids is 1. The Labute approximate surface area is 196 Å². The van der Waals surface area contributed by atoms with E-state index >= 15 is 0 Å². The van der Waals surface area contributed by atoms with E-state index in [4.69, 9.17) is 5.11 Å². The number of aliphatic carboxylic acids is 1. The van der Waals surface area contributed by atoms with E-state index in [2.05, 4.69) is 12.1 Å². The minimum atomic E-state index is -3.33. The SMILES string of the molecule is CC(CCCCc1ccccc1)C(O)CC[C@H]1CC(F)(F)C(=O)N1CCCCCCC(=O)O. The van der Waals surface area contributed by atoms with Gasteiger partial charge in [0, 0.05) is 25.4 Å². The first-order chi connectivity index (χ1) is 15.7. The number of hydrogen-bond acceptors (Lipinski definition) is 3. The van der Waals surface area contributed by atoms with Gasteiger partial charge in [0.25, 0.3) is 5.91 Å². The van der Waals surface area contributed by atoms with Crippen molar-refractivity contribution in [2.24, 2.45) is 5.92 Å². The summed E-state index contributed by atoms with van der Waals surface area (Å²) < 4.78 is 28.1. The van der Waals surface area contributed by atoms with E-state index in [1.165, 1.54) is 10.5 Å². The first-order valence-corrected chi connectivity index (χ1v) is 12.3. The number of amides is 1. The smallest absolute Gasteiger partial charge is 0.326 e. The molecule has 0 aromatic heterocycles. The van der Waals surface area contributed by atoms with Crippen LogP contribution in [0.2, 0.25) is 0 Å². The zero-order valence-electron chi connectivity index (χ0n) is 19.7. The fourth-order valence-corrected chi connectivity index (χ4v) is 4.60. The molecule has 0 bridgehead atoms. The van der Waals surface area contributed by atoms with Gasteiger partial charge in [-0.2, -0.15) is 8.78 Å². The maximum atomic E-state index is 14.1. The highest BCUT2D eigenvalue weighted by Crippen LogP contribution is 2.36. The molecule has 3 atom stereocenters. The van der Waals surface area contributed by atoms with Crippen LogP contribution in [0.25, 0.3) is 0 Å². The molecule has 186 valence electrons. The molecule has 7 heteroatoms. The molecule has 5 nitrogen and oxygen atoms in total. The standard InChI is InChI=1S/C26H39F2NO4/c1-20(11-8-9-14-21-12-5-4-6-13-21)23(30)17-16-22-19-26(27,28)25(33)29(22)18-10-3-2-7-15-24(31)32/h4-6,12-13,20,22-23,30H,2-3,7-11,14-19H2,1H3,(H,31,32)/t20?,22-,23?/m0/s1. The van der Waals surface area contributed by atoms with Gasteiger partial charge in [-0.3, -0.25) is 9.59 Å². The molecule has 1 aromatic carbocycles. The summed E-state index contributed by atoms with van der Waals surface area (Å²) >= 11 is 0. The highest BCUT2D eigenvalue weighted by molar-refractivity contribution is 5.86. The Kier molecular flexibility index (Phi) is 11.2. The minimum Gasteiger partial charge on any atom is -0.481 e. The van der Waals surface area contributed by atoms with Gasteiger partial charge >= 0.3 is 11.9 Å². The molecule has 2 rings (SSSR count). The van der Waals surface area contributed by atoms with E-state index in [1.54, 1.807) is 0 Å². The molecule has 0 saturated carbocycles. The molecule has 0 radical (unpaired) electrons. The molecule has 33 heavy (non-hydrogen) atoms. The predicted octanol–water partition coefficient (Wildman–Crippen LogP) is 5.45. The number of carboxylic acids is 1. The molecule has 1 aromatic rings. The lowest BCUT2D eigenvalue weighted by atomic mass is 9.92. The molecule has 1 heterocycles. The van der Waals surface area contributed by atoms with Crippen LogP contribution < -0.4 is 0 Å². The highest BCUT2D eigenvalue weighted by Gasteiger charge is 2.52. The number of aliphatic hydroxyl groups excluding tert-OH is 1. The summed E-state index contributed by atoms with van der Waals surface area (Å²) in [7, 11) is 0. The van der Waals surface area contributed by atoms with E-state index in [1.807, 2.05) is 25.1 Å². The van der Waals surface area contributed by atoms with E-state index in [0.29, 0.717) is 38.5 Å². The lowest BCUT2D eigenvalue weighted by molar-refractivity contribution is -0.148. The summed E-state index contributed by atoms with van der Waals surface area (Å²) in [6.07, 6.45) is 6.31. The van der Waals surface area contributed by atoms with Gasteiger partial charge in [0.1, 0.15) is 0 Å². The van der Waals surface area contributed by atoms with Crippen LogP contribution in [0.1, 0.15) is 83.1 Å². The molecule has 2 N–H and O–H groups in total. The number of aliphatic hydroxyl groups is 1. The van der Waals surface area contributed by atoms with Crippen molar-refractivity contribution in [1.82, 2.24) is 4.90 Å². The molecule has 0 aliphatic carbocycles. The third-order valence-corrected chi connectivity index (χ3v) is 6.72. The molecule has 0 spiro atoms. The molecule has 1 saturated heterocycles. The normalized spacial score (nSPS) is 19.6. The summed E-state index contributed by atoms with van der Waals surface area (Å²) in [4.78, 5) is 24.0. The van der Waals surface area contributed by atoms with E-state index in [9.17, 15) is 23.5 Å². The van der Waals surface area contributed by atoms with E-state index < -0.39 is 36.4 Å². The van der Waals surface area contributed by atoms with Crippen molar-refractivity contribution >= 4 is 11.9 Å². The summed E-state index contributed by atoms with van der Waals surface area (Å²) in [5, 5.41) is 19.2. The third-order valence-electron chi connectivity index (χ3n) is 6.72. The number of benzene rings is 1. The number of carboxylic acid groups (broad SMARTS) is 1. The average Bonchev–Trinajstić information content (AvgIpc) is 3.00. The molecular formula is C26H39F2NO4. The fraction of sp³-hybridized carbons (Fsp3) is 0.692. The molecule has 1 aliphatic rings. The number of alkyl halides is 2. The van der Waals surface area contributed by atoms with Crippen LogP contribution >= 0.6 is 0 Å². The van der Waals surface area contributed by atoms with Crippen LogP contribution in [0.5, 0.6) is 0 Å². The topological polar surface area (TPSA) is 77.8 Å². The monoisotopic (exact) mass is 467 g/mol. The quantitative estimate of drug-likeness (QED) is 0.317. The van der Waals surface area contributed by atoms with Crippen molar-refractivity contribution < 1.29 is 28.6 Å². The van der Waals surface area contributed by atoms with Gasteiger partial charge in [-0.15, -0.1) is 0 Å². The Morgan fingerprint density at radius 3 is 2.48 bits per heavy atom. The lowest BCUT2D eigenvalue weighted by Gasteiger charge is -2.26. The summed E-state index contributed by atoms with van der Waals surface area (Å²) in [6, 6.07) is 9.73. The molecule has 1 amide bonds. The maximum Gasteiger partial charge on any atom is 0.326 e. The van der Waals surface area contributed by atoms with Crippen molar-refractivity contribution in [2.75, 3.05) is 6.54 Å². The van der Waals surface area contributed by atoms with Gasteiger partial charge in [0.15, 0.2) is 0 Å². The molecule has 1 aliphatic heterocycles. The Balaban J connectivity index is 1.70. The van der Waals surface area contributed by atoms with Crippen molar-refractivity contribution in [3.05, 3.63) is 35.9 Å². The number of nitrogens with zero attached hydrogens (tertiary/aromatic N) is 1. The zero-order chi connectivity index (χ0) is 24.3. The summed E-state index contributed by atoms with van der Waals surface area (Å²) in [6.45, 7) is 2.26. The lowest BCUT2D eigenvalue weighted by Crippen LogP contribution is -2.37. The van der Waals surface area contributed by atoms with Crippen LogP contribution in [0.15, 0.2) is 30.3 Å². The van der Waals surface area contributed by atoms with Crippen molar-refractivity contribution in [1.29, 1.82) is 0 Å². The first-order valence-electron chi connectivity index (χ1n) is 12.3. The summed E-state index contributed by atoms with van der Waals surface area (Å²) in [5.41, 5.74) is 1.31. The second-order valence-electron chi connectivity index (χ2n) is 9.47. The number of likely N-dealkylation sites (tertiary alicyclic amines) is 1. The molecular weight excluding hydrogens is 428 g/mol. The number of aryl methyl sites for hydroxylation is 1. The van der Waals surface area contributed by atoms with Gasteiger partial charge in [-0.25, -0.2) is 0 Å². The van der Waals surface area contributed by atoms with Gasteiger partial charge in [0.2, 0.25) is 0 Å². The van der Waals surface area contributed by atoms with Gasteiger partial charge in [-0.05, 0) is 56.4 Å². The van der Waals surface area contributed by atoms with Gasteiger partial charge < -0.3 is 15.1 Å². The number of hydrogen-bond donors (Lipinski definition) is 2. The van der Waals surface area contributed by atoms with Crippen LogP contribution in [-0.2, 0) is 16.0 Å². The summed E-state index contributed by atoms with van der Waals surface area (Å²) in [5.74, 6) is -5.20. The number of halogens is 2. The minimum absolute atomic E-state index is 0.0843. The highest BCUT2D eigenvalue weighted by atomic mass is 19.3. The van der Waals surface area contributed by atoms with E-state index in [0.717, 1.165) is 25.7 Å². The van der Waals surface area contributed by atoms with E-state index in [-0.39, 0.29) is 18.9 Å². The van der Waals surface area contributed by atoms with Crippen LogP contribution in [0.4, 0.5) is 8.78 Å². The van der Waals surface area contributed by atoms with Crippen molar-refractivity contribution in [3.63, 3.8) is 0 Å². The maximum absolute atomic E-state index is 14.1.